The summed E-state index contributed by atoms with van der Waals surface area (Å²) in [5, 5.41) is 15.0. The summed E-state index contributed by atoms with van der Waals surface area (Å²) in [7, 11) is 0. The van der Waals surface area contributed by atoms with Gasteiger partial charge in [-0.05, 0) is 38.2 Å². The van der Waals surface area contributed by atoms with Crippen molar-refractivity contribution in [3.63, 3.8) is 0 Å². The highest BCUT2D eigenvalue weighted by Gasteiger charge is 2.34. The summed E-state index contributed by atoms with van der Waals surface area (Å²) in [4.78, 5) is 0. The van der Waals surface area contributed by atoms with Crippen LogP contribution < -0.4 is 0 Å². The molecule has 0 bridgehead atoms. The molecule has 0 aliphatic heterocycles. The minimum absolute atomic E-state index is 0.106. The Bertz CT molecular complexity index is 391. The number of nitrogens with zero attached hydrogens (tertiary/aromatic N) is 2. The monoisotopic (exact) mass is 250 g/mol. The Hall–Kier alpha value is -0.830. The molecule has 1 aliphatic carbocycles. The SMILES string of the molecule is CCn1nc(C)cc1CC(O)C1(C)CCCCC1. The zero-order valence-corrected chi connectivity index (χ0v) is 11.9. The van der Waals surface area contributed by atoms with E-state index >= 15 is 0 Å². The number of rotatable bonds is 4. The molecule has 3 heteroatoms. The Morgan fingerprint density at radius 1 is 1.39 bits per heavy atom. The van der Waals surface area contributed by atoms with Crippen LogP contribution in [0.15, 0.2) is 6.07 Å². The van der Waals surface area contributed by atoms with Gasteiger partial charge in [0.2, 0.25) is 0 Å². The molecule has 1 aliphatic rings. The fourth-order valence-corrected chi connectivity index (χ4v) is 3.17. The zero-order valence-electron chi connectivity index (χ0n) is 11.9. The van der Waals surface area contributed by atoms with Gasteiger partial charge in [-0.2, -0.15) is 5.10 Å². The second-order valence-corrected chi connectivity index (χ2v) is 6.03. The Morgan fingerprint density at radius 3 is 2.67 bits per heavy atom. The molecule has 1 heterocycles. The lowest BCUT2D eigenvalue weighted by atomic mass is 9.70. The smallest absolute Gasteiger partial charge is 0.0649 e. The minimum Gasteiger partial charge on any atom is -0.392 e. The van der Waals surface area contributed by atoms with Crippen LogP contribution in [0.1, 0.15) is 57.3 Å². The van der Waals surface area contributed by atoms with Crippen LogP contribution in [-0.4, -0.2) is 21.0 Å². The van der Waals surface area contributed by atoms with Crippen molar-refractivity contribution >= 4 is 0 Å². The molecule has 0 saturated heterocycles. The average molecular weight is 250 g/mol. The summed E-state index contributed by atoms with van der Waals surface area (Å²) < 4.78 is 2.02. The van der Waals surface area contributed by atoms with Crippen molar-refractivity contribution in [3.05, 3.63) is 17.5 Å². The van der Waals surface area contributed by atoms with E-state index in [2.05, 4.69) is 25.0 Å². The third kappa shape index (κ3) is 2.77. The first-order valence-electron chi connectivity index (χ1n) is 7.26. The maximum absolute atomic E-state index is 10.6. The van der Waals surface area contributed by atoms with Crippen molar-refractivity contribution < 1.29 is 5.11 Å². The third-order valence-corrected chi connectivity index (χ3v) is 4.49. The molecule has 1 atom stereocenters. The van der Waals surface area contributed by atoms with Gasteiger partial charge in [-0.3, -0.25) is 4.68 Å². The molecule has 1 aromatic rings. The van der Waals surface area contributed by atoms with Crippen LogP contribution in [0.3, 0.4) is 0 Å². The number of hydrogen-bond donors (Lipinski definition) is 1. The van der Waals surface area contributed by atoms with Gasteiger partial charge in [0.1, 0.15) is 0 Å². The molecule has 0 amide bonds. The second-order valence-electron chi connectivity index (χ2n) is 6.03. The number of aryl methyl sites for hydroxylation is 2. The van der Waals surface area contributed by atoms with E-state index in [-0.39, 0.29) is 11.5 Å². The summed E-state index contributed by atoms with van der Waals surface area (Å²) in [6.45, 7) is 7.25. The average Bonchev–Trinajstić information content (AvgIpc) is 2.70. The Morgan fingerprint density at radius 2 is 2.06 bits per heavy atom. The highest BCUT2D eigenvalue weighted by atomic mass is 16.3. The predicted molar refractivity (Wildman–Crippen MR) is 73.5 cm³/mol. The van der Waals surface area contributed by atoms with E-state index in [1.54, 1.807) is 0 Å². The van der Waals surface area contributed by atoms with Crippen LogP contribution >= 0.6 is 0 Å². The van der Waals surface area contributed by atoms with Gasteiger partial charge in [0.25, 0.3) is 0 Å². The van der Waals surface area contributed by atoms with Crippen molar-refractivity contribution in [2.24, 2.45) is 5.41 Å². The summed E-state index contributed by atoms with van der Waals surface area (Å²) in [5.41, 5.74) is 2.33. The van der Waals surface area contributed by atoms with Crippen molar-refractivity contribution in [1.82, 2.24) is 9.78 Å². The first-order chi connectivity index (χ1) is 8.55. The van der Waals surface area contributed by atoms with Crippen molar-refractivity contribution in [2.45, 2.75) is 71.9 Å². The molecule has 1 aromatic heterocycles. The van der Waals surface area contributed by atoms with Gasteiger partial charge >= 0.3 is 0 Å². The van der Waals surface area contributed by atoms with Gasteiger partial charge in [0, 0.05) is 18.7 Å². The van der Waals surface area contributed by atoms with Crippen LogP contribution in [0.25, 0.3) is 0 Å². The minimum atomic E-state index is -0.237. The maximum Gasteiger partial charge on any atom is 0.0649 e. The largest absolute Gasteiger partial charge is 0.392 e. The number of hydrogen-bond acceptors (Lipinski definition) is 2. The number of aromatic nitrogens is 2. The van der Waals surface area contributed by atoms with Gasteiger partial charge < -0.3 is 5.11 Å². The highest BCUT2D eigenvalue weighted by molar-refractivity contribution is 5.11. The topological polar surface area (TPSA) is 38.0 Å². The van der Waals surface area contributed by atoms with Crippen molar-refractivity contribution in [3.8, 4) is 0 Å². The summed E-state index contributed by atoms with van der Waals surface area (Å²) in [6.07, 6.45) is 6.68. The van der Waals surface area contributed by atoms with E-state index < -0.39 is 0 Å². The Kier molecular flexibility index (Phi) is 4.10. The first-order valence-corrected chi connectivity index (χ1v) is 7.26. The van der Waals surface area contributed by atoms with E-state index in [1.807, 2.05) is 11.6 Å². The zero-order chi connectivity index (χ0) is 13.2. The second kappa shape index (κ2) is 5.43. The lowest BCUT2D eigenvalue weighted by Gasteiger charge is -2.38. The molecule has 0 radical (unpaired) electrons. The molecular formula is C15H26N2O. The molecule has 1 N–H and O–H groups in total. The summed E-state index contributed by atoms with van der Waals surface area (Å²) >= 11 is 0. The fourth-order valence-electron chi connectivity index (χ4n) is 3.17. The number of aliphatic hydroxyl groups is 1. The first kappa shape index (κ1) is 13.6. The van der Waals surface area contributed by atoms with Gasteiger partial charge in [-0.15, -0.1) is 0 Å². The molecule has 0 aromatic carbocycles. The number of aliphatic hydroxyl groups excluding tert-OH is 1. The summed E-state index contributed by atoms with van der Waals surface area (Å²) in [5.74, 6) is 0. The molecule has 1 fully saturated rings. The van der Waals surface area contributed by atoms with Crippen LogP contribution in [0.4, 0.5) is 0 Å². The van der Waals surface area contributed by atoms with Crippen LogP contribution in [0.5, 0.6) is 0 Å². The predicted octanol–water partition coefficient (Wildman–Crippen LogP) is 3.09. The summed E-state index contributed by atoms with van der Waals surface area (Å²) in [6, 6.07) is 2.11. The molecule has 3 nitrogen and oxygen atoms in total. The molecular weight excluding hydrogens is 224 g/mol. The lowest BCUT2D eigenvalue weighted by Crippen LogP contribution is -2.36. The van der Waals surface area contributed by atoms with Crippen molar-refractivity contribution in [2.75, 3.05) is 0 Å². The molecule has 2 rings (SSSR count). The van der Waals surface area contributed by atoms with Crippen LogP contribution in [-0.2, 0) is 13.0 Å². The van der Waals surface area contributed by atoms with E-state index in [0.29, 0.717) is 0 Å². The quantitative estimate of drug-likeness (QED) is 0.891. The normalized spacial score (nSPS) is 20.9. The van der Waals surface area contributed by atoms with Crippen molar-refractivity contribution in [1.29, 1.82) is 0 Å². The Balaban J connectivity index is 2.07. The molecule has 0 spiro atoms. The van der Waals surface area contributed by atoms with Crippen LogP contribution in [0.2, 0.25) is 0 Å². The van der Waals surface area contributed by atoms with Gasteiger partial charge in [-0.25, -0.2) is 0 Å². The third-order valence-electron chi connectivity index (χ3n) is 4.49. The van der Waals surface area contributed by atoms with E-state index in [9.17, 15) is 5.11 Å². The highest BCUT2D eigenvalue weighted by Crippen LogP contribution is 2.39. The molecule has 102 valence electrons. The standard InChI is InChI=1S/C15H26N2O/c1-4-17-13(10-12(2)16-17)11-14(18)15(3)8-6-5-7-9-15/h10,14,18H,4-9,11H2,1-3H3. The fraction of sp³-hybridized carbons (Fsp3) is 0.800. The Labute approximate surface area is 110 Å². The van der Waals surface area contributed by atoms with Gasteiger partial charge in [-0.1, -0.05) is 26.2 Å². The van der Waals surface area contributed by atoms with E-state index in [1.165, 1.54) is 25.0 Å². The lowest BCUT2D eigenvalue weighted by molar-refractivity contribution is 0.00913. The molecule has 1 saturated carbocycles. The molecule has 1 unspecified atom stereocenters. The van der Waals surface area contributed by atoms with E-state index in [4.69, 9.17) is 0 Å². The van der Waals surface area contributed by atoms with Crippen LogP contribution in [0, 0.1) is 12.3 Å². The maximum atomic E-state index is 10.6. The molecule has 18 heavy (non-hydrogen) atoms. The van der Waals surface area contributed by atoms with E-state index in [0.717, 1.165) is 31.5 Å². The van der Waals surface area contributed by atoms with Gasteiger partial charge in [0.05, 0.1) is 11.8 Å². The van der Waals surface area contributed by atoms with Gasteiger partial charge in [0.15, 0.2) is 0 Å².